The van der Waals surface area contributed by atoms with Crippen molar-refractivity contribution in [2.45, 2.75) is 4.90 Å². The van der Waals surface area contributed by atoms with E-state index in [1.165, 1.54) is 0 Å². The van der Waals surface area contributed by atoms with Crippen LogP contribution in [0.4, 0.5) is 5.69 Å². The van der Waals surface area contributed by atoms with Gasteiger partial charge in [0.15, 0.2) is 0 Å². The monoisotopic (exact) mass is 183 g/mol. The van der Waals surface area contributed by atoms with Crippen molar-refractivity contribution in [2.75, 3.05) is 6.26 Å². The van der Waals surface area contributed by atoms with E-state index < -0.39 is 0 Å². The van der Waals surface area contributed by atoms with Gasteiger partial charge in [-0.2, -0.15) is 0 Å². The van der Waals surface area contributed by atoms with Gasteiger partial charge in [0, 0.05) is 9.92 Å². The lowest BCUT2D eigenvalue weighted by atomic mass is 10.3. The lowest BCUT2D eigenvalue weighted by Crippen LogP contribution is -1.69. The molecule has 1 aromatic rings. The number of benzene rings is 1. The van der Waals surface area contributed by atoms with Gasteiger partial charge in [0.1, 0.15) is 0 Å². The molecule has 56 valence electrons. The standard InChI is InChI=1S/C8H6ClNS/c1-10-8-4-3-6(11-2)5-7(8)9/h3-5H,2H3. The van der Waals surface area contributed by atoms with Gasteiger partial charge in [-0.15, -0.1) is 11.8 Å². The normalized spacial score (nSPS) is 9.18. The van der Waals surface area contributed by atoms with E-state index in [2.05, 4.69) is 4.85 Å². The van der Waals surface area contributed by atoms with Crippen molar-refractivity contribution in [2.24, 2.45) is 0 Å². The fourth-order valence-corrected chi connectivity index (χ4v) is 1.43. The number of nitrogens with zero attached hydrogens (tertiary/aromatic N) is 1. The van der Waals surface area contributed by atoms with E-state index in [-0.39, 0.29) is 0 Å². The van der Waals surface area contributed by atoms with Gasteiger partial charge in [0.05, 0.1) is 6.57 Å². The van der Waals surface area contributed by atoms with Crippen molar-refractivity contribution in [1.82, 2.24) is 0 Å². The third-order valence-electron chi connectivity index (χ3n) is 1.28. The molecule has 1 rings (SSSR count). The Balaban J connectivity index is 3.12. The average molecular weight is 184 g/mol. The van der Waals surface area contributed by atoms with E-state index in [4.69, 9.17) is 18.2 Å². The van der Waals surface area contributed by atoms with Gasteiger partial charge in [0.2, 0.25) is 5.69 Å². The molecule has 0 unspecified atom stereocenters. The van der Waals surface area contributed by atoms with Crippen LogP contribution in [0.2, 0.25) is 5.02 Å². The van der Waals surface area contributed by atoms with Crippen LogP contribution in [0.3, 0.4) is 0 Å². The Bertz CT molecular complexity index is 303. The Labute approximate surface area is 75.2 Å². The van der Waals surface area contributed by atoms with Gasteiger partial charge in [-0.05, 0) is 12.3 Å². The van der Waals surface area contributed by atoms with Gasteiger partial charge < -0.3 is 0 Å². The third-order valence-corrected chi connectivity index (χ3v) is 2.30. The first-order valence-corrected chi connectivity index (χ1v) is 4.59. The fraction of sp³-hybridized carbons (Fsp3) is 0.125. The average Bonchev–Trinajstić information content (AvgIpc) is 2.04. The molecule has 0 saturated heterocycles. The van der Waals surface area contributed by atoms with Gasteiger partial charge >= 0.3 is 0 Å². The van der Waals surface area contributed by atoms with Crippen LogP contribution in [0.25, 0.3) is 4.85 Å². The summed E-state index contributed by atoms with van der Waals surface area (Å²) >= 11 is 7.40. The van der Waals surface area contributed by atoms with Crippen molar-refractivity contribution in [1.29, 1.82) is 0 Å². The van der Waals surface area contributed by atoms with Crippen LogP contribution in [0.1, 0.15) is 0 Å². The Hall–Kier alpha value is -0.650. The first-order valence-electron chi connectivity index (χ1n) is 2.99. The second-order valence-electron chi connectivity index (χ2n) is 1.93. The van der Waals surface area contributed by atoms with Gasteiger partial charge in [-0.3, -0.25) is 0 Å². The number of rotatable bonds is 1. The summed E-state index contributed by atoms with van der Waals surface area (Å²) in [6.45, 7) is 6.75. The summed E-state index contributed by atoms with van der Waals surface area (Å²) in [5.41, 5.74) is 0.518. The zero-order valence-corrected chi connectivity index (χ0v) is 7.54. The lowest BCUT2D eigenvalue weighted by Gasteiger charge is -1.97. The highest BCUT2D eigenvalue weighted by molar-refractivity contribution is 7.98. The Morgan fingerprint density at radius 2 is 2.27 bits per heavy atom. The van der Waals surface area contributed by atoms with Gasteiger partial charge in [-0.1, -0.05) is 23.7 Å². The highest BCUT2D eigenvalue weighted by Crippen LogP contribution is 2.28. The zero-order chi connectivity index (χ0) is 8.27. The van der Waals surface area contributed by atoms with Crippen LogP contribution in [0.5, 0.6) is 0 Å². The maximum absolute atomic E-state index is 6.75. The minimum absolute atomic E-state index is 0.518. The first-order chi connectivity index (χ1) is 5.27. The van der Waals surface area contributed by atoms with E-state index in [1.807, 2.05) is 12.3 Å². The van der Waals surface area contributed by atoms with Crippen molar-refractivity contribution in [3.05, 3.63) is 34.6 Å². The molecule has 0 atom stereocenters. The summed E-state index contributed by atoms with van der Waals surface area (Å²) < 4.78 is 0. The lowest BCUT2D eigenvalue weighted by molar-refractivity contribution is 1.48. The van der Waals surface area contributed by atoms with E-state index >= 15 is 0 Å². The number of hydrogen-bond acceptors (Lipinski definition) is 1. The molecule has 0 amide bonds. The van der Waals surface area contributed by atoms with E-state index in [9.17, 15) is 0 Å². The van der Waals surface area contributed by atoms with Crippen LogP contribution in [0, 0.1) is 6.57 Å². The predicted octanol–water partition coefficient (Wildman–Crippen LogP) is 3.61. The Kier molecular flexibility index (Phi) is 2.81. The van der Waals surface area contributed by atoms with Crippen LogP contribution in [0.15, 0.2) is 23.1 Å². The molecule has 0 aliphatic heterocycles. The van der Waals surface area contributed by atoms with Crippen molar-refractivity contribution < 1.29 is 0 Å². The number of thioether (sulfide) groups is 1. The minimum Gasteiger partial charge on any atom is -0.237 e. The molecule has 3 heteroatoms. The number of hydrogen-bond donors (Lipinski definition) is 0. The van der Waals surface area contributed by atoms with E-state index in [0.717, 1.165) is 4.90 Å². The quantitative estimate of drug-likeness (QED) is 0.476. The molecule has 0 aliphatic carbocycles. The molecular weight excluding hydrogens is 178 g/mol. The smallest absolute Gasteiger partial charge is 0.205 e. The fourth-order valence-electron chi connectivity index (χ4n) is 0.705. The molecule has 0 aliphatic rings. The highest BCUT2D eigenvalue weighted by atomic mass is 35.5. The maximum Gasteiger partial charge on any atom is 0.205 e. The molecule has 1 aromatic carbocycles. The maximum atomic E-state index is 6.75. The second-order valence-corrected chi connectivity index (χ2v) is 3.22. The first kappa shape index (κ1) is 8.45. The van der Waals surface area contributed by atoms with Gasteiger partial charge in [0.25, 0.3) is 0 Å². The van der Waals surface area contributed by atoms with Crippen molar-refractivity contribution in [3.8, 4) is 0 Å². The molecule has 0 saturated carbocycles. The SMILES string of the molecule is [C-]#[N+]c1ccc(SC)cc1Cl. The third kappa shape index (κ3) is 1.89. The summed E-state index contributed by atoms with van der Waals surface area (Å²) in [5, 5.41) is 0.534. The number of halogens is 1. The molecule has 1 nitrogen and oxygen atoms in total. The zero-order valence-electron chi connectivity index (χ0n) is 5.97. The van der Waals surface area contributed by atoms with Crippen LogP contribution in [-0.4, -0.2) is 6.26 Å². The summed E-state index contributed by atoms with van der Waals surface area (Å²) in [6, 6.07) is 5.44. The molecule has 0 radical (unpaired) electrons. The van der Waals surface area contributed by atoms with Crippen molar-refractivity contribution >= 4 is 29.1 Å². The summed E-state index contributed by atoms with van der Waals surface area (Å²) in [5.74, 6) is 0. The van der Waals surface area contributed by atoms with E-state index in [1.54, 1.807) is 23.9 Å². The minimum atomic E-state index is 0.518. The molecule has 0 heterocycles. The largest absolute Gasteiger partial charge is 0.237 e. The molecule has 11 heavy (non-hydrogen) atoms. The predicted molar refractivity (Wildman–Crippen MR) is 49.5 cm³/mol. The highest BCUT2D eigenvalue weighted by Gasteiger charge is 1.98. The molecule has 0 aromatic heterocycles. The molecule has 0 spiro atoms. The van der Waals surface area contributed by atoms with Crippen LogP contribution in [-0.2, 0) is 0 Å². The second kappa shape index (κ2) is 3.66. The summed E-state index contributed by atoms with van der Waals surface area (Å²) in [4.78, 5) is 4.34. The topological polar surface area (TPSA) is 4.36 Å². The Morgan fingerprint density at radius 3 is 2.73 bits per heavy atom. The molecule has 0 N–H and O–H groups in total. The van der Waals surface area contributed by atoms with E-state index in [0.29, 0.717) is 10.7 Å². The summed E-state index contributed by atoms with van der Waals surface area (Å²) in [6.07, 6.45) is 1.98. The van der Waals surface area contributed by atoms with Crippen molar-refractivity contribution in [3.63, 3.8) is 0 Å². The molecule has 0 bridgehead atoms. The molecule has 0 fully saturated rings. The van der Waals surface area contributed by atoms with Crippen LogP contribution >= 0.6 is 23.4 Å². The molecular formula is C8H6ClNS. The van der Waals surface area contributed by atoms with Crippen LogP contribution < -0.4 is 0 Å². The van der Waals surface area contributed by atoms with Gasteiger partial charge in [-0.25, -0.2) is 4.85 Å². The summed E-state index contributed by atoms with van der Waals surface area (Å²) in [7, 11) is 0. The Morgan fingerprint density at radius 1 is 1.55 bits per heavy atom.